The van der Waals surface area contributed by atoms with Crippen LogP contribution in [0.2, 0.25) is 4.34 Å². The van der Waals surface area contributed by atoms with Crippen molar-refractivity contribution in [2.24, 2.45) is 0 Å². The number of rotatable bonds is 3. The highest BCUT2D eigenvalue weighted by Gasteiger charge is 2.08. The van der Waals surface area contributed by atoms with E-state index < -0.39 is 0 Å². The molecule has 0 unspecified atom stereocenters. The van der Waals surface area contributed by atoms with Gasteiger partial charge in [0, 0.05) is 20.4 Å². The number of Topliss-reactive ketones (excluding diaryl/α,β-unsaturated/α-hetero) is 1. The normalized spacial score (nSPS) is 10.4. The molecule has 0 bridgehead atoms. The number of halogens is 2. The molecule has 2 aromatic rings. The predicted molar refractivity (Wildman–Crippen MR) is 76.5 cm³/mol. The number of ketones is 1. The zero-order valence-electron chi connectivity index (χ0n) is 8.24. The van der Waals surface area contributed by atoms with Crippen LogP contribution in [0.25, 0.3) is 0 Å². The lowest BCUT2D eigenvalue weighted by Crippen LogP contribution is -2.01. The highest BCUT2D eigenvalue weighted by Crippen LogP contribution is 2.22. The van der Waals surface area contributed by atoms with Crippen molar-refractivity contribution in [2.45, 2.75) is 6.42 Å². The maximum Gasteiger partial charge on any atom is 0.168 e. The number of carbonyl (C=O) groups excluding carboxylic acids is 1. The topological polar surface area (TPSA) is 17.1 Å². The van der Waals surface area contributed by atoms with E-state index in [2.05, 4.69) is 22.6 Å². The molecule has 0 N–H and O–H groups in total. The van der Waals surface area contributed by atoms with E-state index in [9.17, 15) is 4.79 Å². The second-order valence-electron chi connectivity index (χ2n) is 3.31. The van der Waals surface area contributed by atoms with Crippen molar-refractivity contribution in [2.75, 3.05) is 0 Å². The van der Waals surface area contributed by atoms with E-state index in [1.807, 2.05) is 36.4 Å². The molecule has 0 spiro atoms. The van der Waals surface area contributed by atoms with E-state index in [0.29, 0.717) is 6.42 Å². The molecule has 0 aliphatic rings. The maximum atomic E-state index is 11.9. The van der Waals surface area contributed by atoms with Crippen molar-refractivity contribution in [1.82, 2.24) is 0 Å². The van der Waals surface area contributed by atoms with E-state index in [1.165, 1.54) is 11.3 Å². The number of thiophene rings is 1. The third kappa shape index (κ3) is 3.06. The lowest BCUT2D eigenvalue weighted by atomic mass is 10.1. The SMILES string of the molecule is O=C(Cc1ccc(Cl)s1)c1ccc(I)cc1. The van der Waals surface area contributed by atoms with Gasteiger partial charge in [0.15, 0.2) is 5.78 Å². The highest BCUT2D eigenvalue weighted by atomic mass is 127. The minimum Gasteiger partial charge on any atom is -0.294 e. The second-order valence-corrected chi connectivity index (χ2v) is 6.36. The van der Waals surface area contributed by atoms with Crippen LogP contribution < -0.4 is 0 Å². The van der Waals surface area contributed by atoms with Crippen LogP contribution in [0.15, 0.2) is 36.4 Å². The van der Waals surface area contributed by atoms with Gasteiger partial charge in [-0.2, -0.15) is 0 Å². The lowest BCUT2D eigenvalue weighted by Gasteiger charge is -1.99. The Labute approximate surface area is 117 Å². The summed E-state index contributed by atoms with van der Waals surface area (Å²) in [6.45, 7) is 0. The first-order chi connectivity index (χ1) is 7.65. The summed E-state index contributed by atoms with van der Waals surface area (Å²) in [6, 6.07) is 11.3. The molecule has 2 rings (SSSR count). The summed E-state index contributed by atoms with van der Waals surface area (Å²) in [5, 5.41) is 0. The first-order valence-corrected chi connectivity index (χ1v) is 6.95. The zero-order valence-corrected chi connectivity index (χ0v) is 12.0. The third-order valence-electron chi connectivity index (χ3n) is 2.13. The second kappa shape index (κ2) is 5.29. The first kappa shape index (κ1) is 12.1. The Morgan fingerprint density at radius 2 is 1.88 bits per heavy atom. The monoisotopic (exact) mass is 362 g/mol. The van der Waals surface area contributed by atoms with Gasteiger partial charge in [-0.1, -0.05) is 23.7 Å². The van der Waals surface area contributed by atoms with Crippen LogP contribution in [0.5, 0.6) is 0 Å². The lowest BCUT2D eigenvalue weighted by molar-refractivity contribution is 0.0994. The van der Waals surface area contributed by atoms with Gasteiger partial charge < -0.3 is 0 Å². The molecule has 1 aromatic heterocycles. The van der Waals surface area contributed by atoms with Gasteiger partial charge in [0.05, 0.1) is 4.34 Å². The average Bonchev–Trinajstić information content (AvgIpc) is 2.65. The van der Waals surface area contributed by atoms with E-state index in [0.717, 1.165) is 18.3 Å². The van der Waals surface area contributed by atoms with E-state index in [-0.39, 0.29) is 5.78 Å². The van der Waals surface area contributed by atoms with E-state index in [4.69, 9.17) is 11.6 Å². The van der Waals surface area contributed by atoms with Crippen LogP contribution in [0.3, 0.4) is 0 Å². The Kier molecular flexibility index (Phi) is 4.00. The predicted octanol–water partition coefficient (Wildman–Crippen LogP) is 4.43. The standard InChI is InChI=1S/C12H8ClIOS/c13-12-6-5-10(16-12)7-11(15)8-1-3-9(14)4-2-8/h1-6H,7H2. The van der Waals surface area contributed by atoms with Crippen LogP contribution in [0.1, 0.15) is 15.2 Å². The van der Waals surface area contributed by atoms with Crippen LogP contribution in [0, 0.1) is 3.57 Å². The molecule has 0 amide bonds. The molecule has 1 heterocycles. The van der Waals surface area contributed by atoms with Gasteiger partial charge >= 0.3 is 0 Å². The fourth-order valence-electron chi connectivity index (χ4n) is 1.34. The summed E-state index contributed by atoms with van der Waals surface area (Å²) in [5.74, 6) is 0.134. The van der Waals surface area contributed by atoms with Crippen molar-refractivity contribution >= 4 is 51.3 Å². The minimum atomic E-state index is 0.134. The molecule has 0 aliphatic carbocycles. The quantitative estimate of drug-likeness (QED) is 0.583. The molecule has 0 fully saturated rings. The number of benzene rings is 1. The third-order valence-corrected chi connectivity index (χ3v) is 4.08. The summed E-state index contributed by atoms with van der Waals surface area (Å²) >= 11 is 9.49. The molecule has 82 valence electrons. The Morgan fingerprint density at radius 3 is 2.44 bits per heavy atom. The summed E-state index contributed by atoms with van der Waals surface area (Å²) in [7, 11) is 0. The average molecular weight is 363 g/mol. The first-order valence-electron chi connectivity index (χ1n) is 4.68. The van der Waals surface area contributed by atoms with Crippen LogP contribution >= 0.6 is 45.5 Å². The molecule has 4 heteroatoms. The van der Waals surface area contributed by atoms with Gasteiger partial charge in [-0.15, -0.1) is 11.3 Å². The Hall–Kier alpha value is -0.390. The smallest absolute Gasteiger partial charge is 0.168 e. The van der Waals surface area contributed by atoms with E-state index >= 15 is 0 Å². The molecule has 0 saturated heterocycles. The Morgan fingerprint density at radius 1 is 1.19 bits per heavy atom. The summed E-state index contributed by atoms with van der Waals surface area (Å²) in [5.41, 5.74) is 0.755. The minimum absolute atomic E-state index is 0.134. The van der Waals surface area contributed by atoms with Crippen molar-refractivity contribution in [3.8, 4) is 0 Å². The molecule has 0 aliphatic heterocycles. The van der Waals surface area contributed by atoms with Crippen LogP contribution in [-0.4, -0.2) is 5.78 Å². The van der Waals surface area contributed by atoms with Gasteiger partial charge in [-0.3, -0.25) is 4.79 Å². The summed E-state index contributed by atoms with van der Waals surface area (Å²) in [4.78, 5) is 12.9. The summed E-state index contributed by atoms with van der Waals surface area (Å²) < 4.78 is 1.86. The Bertz CT molecular complexity index is 504. The fourth-order valence-corrected chi connectivity index (χ4v) is 2.79. The molecule has 0 radical (unpaired) electrons. The molecule has 0 atom stereocenters. The number of carbonyl (C=O) groups is 1. The van der Waals surface area contributed by atoms with Crippen molar-refractivity contribution < 1.29 is 4.79 Å². The van der Waals surface area contributed by atoms with Crippen molar-refractivity contribution in [3.05, 3.63) is 54.7 Å². The zero-order chi connectivity index (χ0) is 11.5. The van der Waals surface area contributed by atoms with Gasteiger partial charge in [-0.25, -0.2) is 0 Å². The van der Waals surface area contributed by atoms with Gasteiger partial charge in [0.25, 0.3) is 0 Å². The molecule has 1 nitrogen and oxygen atoms in total. The van der Waals surface area contributed by atoms with Gasteiger partial charge in [0.1, 0.15) is 0 Å². The van der Waals surface area contributed by atoms with Crippen LogP contribution in [-0.2, 0) is 6.42 Å². The van der Waals surface area contributed by atoms with Crippen LogP contribution in [0.4, 0.5) is 0 Å². The maximum absolute atomic E-state index is 11.9. The molecule has 16 heavy (non-hydrogen) atoms. The molecular weight excluding hydrogens is 355 g/mol. The molecule has 1 aromatic carbocycles. The van der Waals surface area contributed by atoms with Crippen molar-refractivity contribution in [3.63, 3.8) is 0 Å². The Balaban J connectivity index is 2.11. The summed E-state index contributed by atoms with van der Waals surface area (Å²) in [6.07, 6.45) is 0.429. The van der Waals surface area contributed by atoms with Crippen molar-refractivity contribution in [1.29, 1.82) is 0 Å². The molecule has 0 saturated carbocycles. The van der Waals surface area contributed by atoms with E-state index in [1.54, 1.807) is 0 Å². The molecular formula is C12H8ClIOS. The number of hydrogen-bond donors (Lipinski definition) is 0. The van der Waals surface area contributed by atoms with Gasteiger partial charge in [-0.05, 0) is 46.9 Å². The largest absolute Gasteiger partial charge is 0.294 e. The fraction of sp³-hybridized carbons (Fsp3) is 0.0833. The van der Waals surface area contributed by atoms with Gasteiger partial charge in [0.2, 0.25) is 0 Å². The highest BCUT2D eigenvalue weighted by molar-refractivity contribution is 14.1. The number of hydrogen-bond acceptors (Lipinski definition) is 2.